The molecule has 0 spiro atoms. The smallest absolute Gasteiger partial charge is 0.380 e. The van der Waals surface area contributed by atoms with Crippen LogP contribution in [0, 0.1) is 26.6 Å². The summed E-state index contributed by atoms with van der Waals surface area (Å²) in [5.74, 6) is 0.870. The van der Waals surface area contributed by atoms with Gasteiger partial charge >= 0.3 is 51.4 Å². The maximum Gasteiger partial charge on any atom is 1.00 e. The molecule has 0 radical (unpaired) electrons. The van der Waals surface area contributed by atoms with E-state index in [-0.39, 0.29) is 64.7 Å². The van der Waals surface area contributed by atoms with Gasteiger partial charge < -0.3 is 44.6 Å². The molecule has 1 aliphatic heterocycles. The van der Waals surface area contributed by atoms with Gasteiger partial charge in [0.05, 0.1) is 0 Å². The van der Waals surface area contributed by atoms with E-state index in [1.54, 1.807) is 25.2 Å². The minimum atomic E-state index is 0. The van der Waals surface area contributed by atoms with Gasteiger partial charge in [0, 0.05) is 64.8 Å². The van der Waals surface area contributed by atoms with Crippen LogP contribution >= 0.6 is 0 Å². The van der Waals surface area contributed by atoms with E-state index in [1.807, 2.05) is 49.7 Å². The minimum Gasteiger partial charge on any atom is -0.380 e. The molecular weight excluding hydrogens is 487 g/mol. The zero-order valence-electron chi connectivity index (χ0n) is 22.9. The van der Waals surface area contributed by atoms with Gasteiger partial charge in [0.1, 0.15) is 5.82 Å². The van der Waals surface area contributed by atoms with Crippen LogP contribution in [0.15, 0.2) is 48.8 Å². The van der Waals surface area contributed by atoms with Gasteiger partial charge in [0.2, 0.25) is 0 Å². The van der Waals surface area contributed by atoms with Crippen molar-refractivity contribution in [3.05, 3.63) is 85.2 Å². The Labute approximate surface area is 264 Å². The van der Waals surface area contributed by atoms with Crippen molar-refractivity contribution < 1.29 is 56.2 Å². The quantitative estimate of drug-likeness (QED) is 0.370. The average molecular weight is 523 g/mol. The molecule has 1 aromatic carbocycles. The Morgan fingerprint density at radius 2 is 1.92 bits per heavy atom. The normalized spacial score (nSPS) is 13.6. The summed E-state index contributed by atoms with van der Waals surface area (Å²) >= 11 is 0. The second-order valence-electron chi connectivity index (χ2n) is 8.88. The number of aryl methyl sites for hydroxylation is 1. The van der Waals surface area contributed by atoms with Gasteiger partial charge in [-0.05, 0) is 36.8 Å². The molecule has 0 aliphatic carbocycles. The first-order valence-corrected chi connectivity index (χ1v) is 11.8. The third-order valence-electron chi connectivity index (χ3n) is 6.25. The first-order chi connectivity index (χ1) is 17.0. The number of hydrogen-bond donors (Lipinski definition) is 1. The third-order valence-corrected chi connectivity index (χ3v) is 6.25. The van der Waals surface area contributed by atoms with E-state index in [9.17, 15) is 4.79 Å². The number of amides is 1. The molecule has 1 fully saturated rings. The monoisotopic (exact) mass is 522 g/mol. The van der Waals surface area contributed by atoms with E-state index in [1.165, 1.54) is 5.69 Å². The van der Waals surface area contributed by atoms with E-state index in [0.717, 1.165) is 66.4 Å². The number of aromatic nitrogens is 2. The van der Waals surface area contributed by atoms with Crippen molar-refractivity contribution in [3.8, 4) is 11.1 Å². The Balaban J connectivity index is 0.00000241. The van der Waals surface area contributed by atoms with Crippen LogP contribution in [0.1, 0.15) is 21.5 Å². The van der Waals surface area contributed by atoms with Gasteiger partial charge in [0.15, 0.2) is 0 Å². The molecule has 0 saturated carbocycles. The molecule has 3 heterocycles. The second-order valence-corrected chi connectivity index (χ2v) is 8.88. The van der Waals surface area contributed by atoms with E-state index in [4.69, 9.17) is 0 Å². The van der Waals surface area contributed by atoms with Crippen LogP contribution in [0.5, 0.6) is 0 Å². The number of piperazine rings is 1. The Morgan fingerprint density at radius 1 is 1.16 bits per heavy atom. The van der Waals surface area contributed by atoms with Gasteiger partial charge in [-0.15, -0.1) is 12.3 Å². The van der Waals surface area contributed by atoms with Crippen molar-refractivity contribution in [1.82, 2.24) is 19.8 Å². The molecule has 1 saturated heterocycles. The molecule has 8 heteroatoms. The molecule has 0 unspecified atom stereocenters. The molecular formula is C29H35KN6O-2. The first-order valence-electron chi connectivity index (χ1n) is 11.8. The summed E-state index contributed by atoms with van der Waals surface area (Å²) in [6.07, 6.45) is 12.1. The molecule has 37 heavy (non-hydrogen) atoms. The maximum absolute atomic E-state index is 12.2. The SMILES string of the molecule is CNc1ccc(-c2ccn[c-]c2C=[C-]CN2CCN(c3ccc(C(=O)N(C)C)cc3C)CC2)cn1.[CH3-].[K+]. The van der Waals surface area contributed by atoms with Crippen LogP contribution in [0.4, 0.5) is 11.5 Å². The van der Waals surface area contributed by atoms with Crippen LogP contribution < -0.4 is 61.6 Å². The predicted octanol–water partition coefficient (Wildman–Crippen LogP) is 1.09. The molecule has 1 aliphatic rings. The summed E-state index contributed by atoms with van der Waals surface area (Å²) < 4.78 is 0. The molecule has 1 N–H and O–H groups in total. The Hall–Kier alpha value is -2.07. The topological polar surface area (TPSA) is 64.6 Å². The zero-order valence-corrected chi connectivity index (χ0v) is 26.0. The van der Waals surface area contributed by atoms with Crippen molar-refractivity contribution in [2.75, 3.05) is 64.1 Å². The summed E-state index contributed by atoms with van der Waals surface area (Å²) in [4.78, 5) is 27.2. The molecule has 7 nitrogen and oxygen atoms in total. The number of pyridine rings is 2. The van der Waals surface area contributed by atoms with Crippen molar-refractivity contribution in [2.24, 2.45) is 0 Å². The third kappa shape index (κ3) is 7.96. The number of benzene rings is 1. The Morgan fingerprint density at radius 3 is 2.54 bits per heavy atom. The van der Waals surface area contributed by atoms with Crippen molar-refractivity contribution in [3.63, 3.8) is 0 Å². The van der Waals surface area contributed by atoms with Gasteiger partial charge in [-0.2, -0.15) is 5.56 Å². The van der Waals surface area contributed by atoms with E-state index in [0.29, 0.717) is 0 Å². The number of carbonyl (C=O) groups is 1. The minimum absolute atomic E-state index is 0. The number of anilines is 2. The average Bonchev–Trinajstić information content (AvgIpc) is 2.89. The molecule has 0 bridgehead atoms. The van der Waals surface area contributed by atoms with E-state index < -0.39 is 0 Å². The van der Waals surface area contributed by atoms with Gasteiger partial charge in [-0.3, -0.25) is 10.4 Å². The van der Waals surface area contributed by atoms with Gasteiger partial charge in [0.25, 0.3) is 5.91 Å². The summed E-state index contributed by atoms with van der Waals surface area (Å²) in [7, 11) is 5.42. The van der Waals surface area contributed by atoms with Crippen LogP contribution in [-0.2, 0) is 0 Å². The molecule has 3 aromatic rings. The standard InChI is InChI=1S/C28H32N6O.CH3.K/c1-21-18-22(28(35)32(3)4)7-9-26(21)34-16-14-33(15-17-34)13-5-6-23-19-30-12-11-25(23)24-8-10-27(29-2)31-20-24;;/h6-12,18,20H,13-17H2,1-4H3,(H,29,31);1H3;/q-2;-1;+1. The van der Waals surface area contributed by atoms with E-state index >= 15 is 0 Å². The Kier molecular flexibility index (Phi) is 12.4. The van der Waals surface area contributed by atoms with Crippen LogP contribution in [0.2, 0.25) is 0 Å². The molecule has 1 amide bonds. The Bertz CT molecular complexity index is 1190. The van der Waals surface area contributed by atoms with E-state index in [2.05, 4.69) is 50.3 Å². The number of carbonyl (C=O) groups excluding carboxylic acids is 1. The van der Waals surface area contributed by atoms with Crippen molar-refractivity contribution >= 4 is 23.5 Å². The summed E-state index contributed by atoms with van der Waals surface area (Å²) in [6, 6.07) is 12.0. The summed E-state index contributed by atoms with van der Waals surface area (Å²) in [5, 5.41) is 3.04. The number of rotatable bonds is 7. The second kappa shape index (κ2) is 14.8. The molecule has 0 atom stereocenters. The number of nitrogens with zero attached hydrogens (tertiary/aromatic N) is 5. The fourth-order valence-corrected chi connectivity index (χ4v) is 4.26. The largest absolute Gasteiger partial charge is 1.00 e. The fraction of sp³-hybridized carbons (Fsp3) is 0.310. The molecule has 4 rings (SSSR count). The zero-order chi connectivity index (χ0) is 24.8. The van der Waals surface area contributed by atoms with Crippen LogP contribution in [-0.4, -0.2) is 79.5 Å². The van der Waals surface area contributed by atoms with Crippen molar-refractivity contribution in [2.45, 2.75) is 6.92 Å². The van der Waals surface area contributed by atoms with Crippen LogP contribution in [0.25, 0.3) is 17.2 Å². The number of nitrogens with one attached hydrogen (secondary N) is 1. The predicted molar refractivity (Wildman–Crippen MR) is 148 cm³/mol. The fourth-order valence-electron chi connectivity index (χ4n) is 4.26. The summed E-state index contributed by atoms with van der Waals surface area (Å²) in [6.45, 7) is 6.63. The summed E-state index contributed by atoms with van der Waals surface area (Å²) in [5.41, 5.74) is 6.04. The molecule has 2 aromatic heterocycles. The maximum atomic E-state index is 12.2. The van der Waals surface area contributed by atoms with Gasteiger partial charge in [-0.25, -0.2) is 4.98 Å². The van der Waals surface area contributed by atoms with Gasteiger partial charge in [-0.1, -0.05) is 24.4 Å². The van der Waals surface area contributed by atoms with Crippen LogP contribution in [0.3, 0.4) is 0 Å². The number of hydrogen-bond acceptors (Lipinski definition) is 6. The first kappa shape index (κ1) is 31.1. The molecule has 190 valence electrons. The van der Waals surface area contributed by atoms with Crippen molar-refractivity contribution in [1.29, 1.82) is 0 Å².